The second-order valence-electron chi connectivity index (χ2n) is 7.73. The first kappa shape index (κ1) is 15.2. The molecule has 1 heterocycles. The Morgan fingerprint density at radius 3 is 2.76 bits per heavy atom. The van der Waals surface area contributed by atoms with Gasteiger partial charge in [-0.05, 0) is 48.7 Å². The summed E-state index contributed by atoms with van der Waals surface area (Å²) in [4.78, 5) is 14.5. The van der Waals surface area contributed by atoms with E-state index in [0.717, 1.165) is 19.3 Å². The highest BCUT2D eigenvalue weighted by Gasteiger charge is 2.72. The molecule has 3 aliphatic rings. The van der Waals surface area contributed by atoms with E-state index in [4.69, 9.17) is 17.0 Å². The van der Waals surface area contributed by atoms with E-state index in [2.05, 4.69) is 13.8 Å². The van der Waals surface area contributed by atoms with Gasteiger partial charge in [0, 0.05) is 0 Å². The quantitative estimate of drug-likeness (QED) is 0.814. The molecule has 2 bridgehead atoms. The zero-order chi connectivity index (χ0) is 15.6. The van der Waals surface area contributed by atoms with Crippen LogP contribution in [0.3, 0.4) is 0 Å². The molecule has 0 aromatic heterocycles. The molecule has 0 aromatic carbocycles. The maximum absolute atomic E-state index is 12.8. The Balaban J connectivity index is 1.91. The molecule has 1 N–H and O–H groups in total. The van der Waals surface area contributed by atoms with E-state index in [-0.39, 0.29) is 35.3 Å². The Morgan fingerprint density at radius 2 is 2.19 bits per heavy atom. The predicted molar refractivity (Wildman–Crippen MR) is 83.6 cm³/mol. The van der Waals surface area contributed by atoms with Crippen LogP contribution in [-0.4, -0.2) is 38.8 Å². The Kier molecular flexibility index (Phi) is 3.38. The van der Waals surface area contributed by atoms with Crippen molar-refractivity contribution >= 4 is 23.3 Å². The van der Waals surface area contributed by atoms with Gasteiger partial charge in [0.25, 0.3) is 5.17 Å². The van der Waals surface area contributed by atoms with E-state index in [1.165, 1.54) is 0 Å². The summed E-state index contributed by atoms with van der Waals surface area (Å²) < 4.78 is 5.88. The molecule has 118 valence electrons. The van der Waals surface area contributed by atoms with Gasteiger partial charge in [-0.2, -0.15) is 0 Å². The molecule has 2 saturated carbocycles. The van der Waals surface area contributed by atoms with Gasteiger partial charge in [0.1, 0.15) is 6.10 Å². The summed E-state index contributed by atoms with van der Waals surface area (Å²) in [5.74, 6) is 0.572. The molecular formula is C16H25NO3S. The molecule has 21 heavy (non-hydrogen) atoms. The number of amides is 1. The zero-order valence-electron chi connectivity index (χ0n) is 13.3. The number of aliphatic hydroxyl groups excluding tert-OH is 1. The molecule has 3 fully saturated rings. The van der Waals surface area contributed by atoms with Gasteiger partial charge in [0.15, 0.2) is 0 Å². The molecule has 4 atom stereocenters. The van der Waals surface area contributed by atoms with Crippen molar-refractivity contribution in [1.82, 2.24) is 4.90 Å². The van der Waals surface area contributed by atoms with E-state index in [9.17, 15) is 9.90 Å². The fourth-order valence-electron chi connectivity index (χ4n) is 4.73. The summed E-state index contributed by atoms with van der Waals surface area (Å²) in [6.45, 7) is 8.31. The van der Waals surface area contributed by atoms with Crippen molar-refractivity contribution < 1.29 is 14.6 Å². The minimum atomic E-state index is -0.627. The summed E-state index contributed by atoms with van der Waals surface area (Å²) >= 11 is 5.35. The average molecular weight is 311 g/mol. The fraction of sp³-hybridized carbons (Fsp3) is 0.875. The van der Waals surface area contributed by atoms with Gasteiger partial charge in [-0.3, -0.25) is 9.69 Å². The molecule has 4 nitrogen and oxygen atoms in total. The molecule has 0 radical (unpaired) electrons. The van der Waals surface area contributed by atoms with Gasteiger partial charge < -0.3 is 9.84 Å². The number of rotatable bonds is 3. The number of thiocarbonyl (C=S) groups is 1. The molecule has 2 aliphatic carbocycles. The molecular weight excluding hydrogens is 286 g/mol. The topological polar surface area (TPSA) is 49.8 Å². The van der Waals surface area contributed by atoms with Gasteiger partial charge in [-0.1, -0.05) is 27.7 Å². The van der Waals surface area contributed by atoms with Crippen molar-refractivity contribution in [3.63, 3.8) is 0 Å². The van der Waals surface area contributed by atoms with Crippen molar-refractivity contribution in [2.75, 3.05) is 0 Å². The third kappa shape index (κ3) is 1.83. The number of carbonyl (C=O) groups excluding carboxylic acids is 1. The van der Waals surface area contributed by atoms with E-state index in [0.29, 0.717) is 11.1 Å². The summed E-state index contributed by atoms with van der Waals surface area (Å²) in [6, 6.07) is 0. The molecule has 0 aromatic rings. The minimum Gasteiger partial charge on any atom is -0.465 e. The minimum absolute atomic E-state index is 0.0245. The predicted octanol–water partition coefficient (Wildman–Crippen LogP) is 2.48. The standard InChI is InChI=1S/C16H25NO3S/c1-9(2)11(18)8-13(19)17-14(21)20-12-7-10-5-6-16(12,17)15(10,3)4/h9-12,18H,5-8H2,1-4H3/t10-,11-,12-,16-/m1/s1. The number of ether oxygens (including phenoxy) is 1. The third-order valence-electron chi connectivity index (χ3n) is 6.27. The first-order valence-electron chi connectivity index (χ1n) is 7.93. The van der Waals surface area contributed by atoms with Crippen LogP contribution in [0.15, 0.2) is 0 Å². The van der Waals surface area contributed by atoms with Gasteiger partial charge in [0.05, 0.1) is 18.1 Å². The largest absolute Gasteiger partial charge is 0.465 e. The molecule has 0 unspecified atom stereocenters. The van der Waals surface area contributed by atoms with Crippen LogP contribution in [0.2, 0.25) is 0 Å². The lowest BCUT2D eigenvalue weighted by molar-refractivity contribution is -0.136. The smallest absolute Gasteiger partial charge is 0.267 e. The number of hydrogen-bond donors (Lipinski definition) is 1. The van der Waals surface area contributed by atoms with Crippen LogP contribution in [0.1, 0.15) is 53.4 Å². The number of aliphatic hydroxyl groups is 1. The number of hydrogen-bond acceptors (Lipinski definition) is 4. The van der Waals surface area contributed by atoms with Crippen LogP contribution >= 0.6 is 12.2 Å². The lowest BCUT2D eigenvalue weighted by Gasteiger charge is -2.42. The van der Waals surface area contributed by atoms with Crippen molar-refractivity contribution in [2.45, 2.75) is 71.1 Å². The first-order valence-corrected chi connectivity index (χ1v) is 8.34. The summed E-state index contributed by atoms with van der Waals surface area (Å²) in [5.41, 5.74) is -0.265. The Hall–Kier alpha value is -0.680. The van der Waals surface area contributed by atoms with Gasteiger partial charge in [0.2, 0.25) is 5.91 Å². The fourth-order valence-corrected chi connectivity index (χ4v) is 5.11. The lowest BCUT2D eigenvalue weighted by Crippen LogP contribution is -2.57. The monoisotopic (exact) mass is 311 g/mol. The van der Waals surface area contributed by atoms with Gasteiger partial charge in [-0.25, -0.2) is 0 Å². The summed E-state index contributed by atoms with van der Waals surface area (Å²) in [7, 11) is 0. The molecule has 3 rings (SSSR count). The first-order chi connectivity index (χ1) is 9.71. The highest BCUT2D eigenvalue weighted by molar-refractivity contribution is 7.80. The van der Waals surface area contributed by atoms with Crippen LogP contribution < -0.4 is 0 Å². The van der Waals surface area contributed by atoms with Gasteiger partial charge in [-0.15, -0.1) is 0 Å². The van der Waals surface area contributed by atoms with Crippen LogP contribution in [0.25, 0.3) is 0 Å². The SMILES string of the molecule is CC(C)[C@H](O)CC(=O)N1C(=S)O[C@@H]2C[C@H]3CC[C@]21C3(C)C. The highest BCUT2D eigenvalue weighted by Crippen LogP contribution is 2.65. The van der Waals surface area contributed by atoms with Crippen LogP contribution in [0, 0.1) is 17.3 Å². The molecule has 1 spiro atoms. The molecule has 1 saturated heterocycles. The van der Waals surface area contributed by atoms with Crippen LogP contribution in [0.5, 0.6) is 0 Å². The van der Waals surface area contributed by atoms with Crippen molar-refractivity contribution in [3.05, 3.63) is 0 Å². The van der Waals surface area contributed by atoms with Crippen molar-refractivity contribution in [1.29, 1.82) is 0 Å². The average Bonchev–Trinajstić information content (AvgIpc) is 2.89. The number of nitrogens with zero attached hydrogens (tertiary/aromatic N) is 1. The Bertz CT molecular complexity index is 490. The van der Waals surface area contributed by atoms with Crippen molar-refractivity contribution in [3.8, 4) is 0 Å². The molecule has 5 heteroatoms. The molecule has 1 amide bonds. The van der Waals surface area contributed by atoms with E-state index in [1.54, 1.807) is 4.90 Å². The third-order valence-corrected chi connectivity index (χ3v) is 6.55. The van der Waals surface area contributed by atoms with E-state index >= 15 is 0 Å². The van der Waals surface area contributed by atoms with E-state index in [1.807, 2.05) is 13.8 Å². The Labute approximate surface area is 131 Å². The second-order valence-corrected chi connectivity index (χ2v) is 8.08. The maximum Gasteiger partial charge on any atom is 0.267 e. The lowest BCUT2D eigenvalue weighted by atomic mass is 9.74. The van der Waals surface area contributed by atoms with Crippen molar-refractivity contribution in [2.24, 2.45) is 17.3 Å². The van der Waals surface area contributed by atoms with Gasteiger partial charge >= 0.3 is 0 Å². The van der Waals surface area contributed by atoms with E-state index < -0.39 is 6.10 Å². The van der Waals surface area contributed by atoms with Crippen LogP contribution in [0.4, 0.5) is 0 Å². The maximum atomic E-state index is 12.8. The second kappa shape index (κ2) is 4.66. The summed E-state index contributed by atoms with van der Waals surface area (Å²) in [5, 5.41) is 10.4. The number of carbonyl (C=O) groups is 1. The highest BCUT2D eigenvalue weighted by atomic mass is 32.1. The number of fused-ring (bicyclic) bond motifs is 1. The molecule has 1 aliphatic heterocycles. The normalized spacial score (nSPS) is 37.8. The van der Waals surface area contributed by atoms with Crippen LogP contribution in [-0.2, 0) is 9.53 Å². The summed E-state index contributed by atoms with van der Waals surface area (Å²) in [6.07, 6.45) is 2.61. The zero-order valence-corrected chi connectivity index (χ0v) is 14.1. The Morgan fingerprint density at radius 1 is 1.52 bits per heavy atom.